The van der Waals surface area contributed by atoms with E-state index in [4.69, 9.17) is 14.5 Å². The number of β-amino-alcohol motifs (C(OH)–C–C–N with tert-alkyl or cyclic N) is 1. The maximum Gasteiger partial charge on any atom is 0.318 e. The normalized spacial score (nSPS) is 19.2. The van der Waals surface area contributed by atoms with Crippen LogP contribution in [0.25, 0.3) is 32.9 Å². The van der Waals surface area contributed by atoms with Gasteiger partial charge in [-0.1, -0.05) is 166 Å². The van der Waals surface area contributed by atoms with Crippen LogP contribution in [0, 0.1) is 24.2 Å². The molecule has 14 heteroatoms. The molecule has 0 spiro atoms. The molecule has 4 aliphatic heterocycles. The van der Waals surface area contributed by atoms with Crippen molar-refractivity contribution in [3.63, 3.8) is 0 Å². The Kier molecular flexibility index (Phi) is 34.8. The van der Waals surface area contributed by atoms with Crippen molar-refractivity contribution in [3.05, 3.63) is 89.8 Å². The van der Waals surface area contributed by atoms with Gasteiger partial charge in [-0.25, -0.2) is 0 Å². The first-order valence-electron chi connectivity index (χ1n) is 36.0. The Morgan fingerprint density at radius 3 is 2.17 bits per heavy atom. The van der Waals surface area contributed by atoms with Crippen molar-refractivity contribution >= 4 is 51.5 Å². The van der Waals surface area contributed by atoms with Gasteiger partial charge in [-0.2, -0.15) is 9.97 Å². The van der Waals surface area contributed by atoms with Gasteiger partial charge >= 0.3 is 6.01 Å². The number of amides is 2. The lowest BCUT2D eigenvalue weighted by atomic mass is 9.58. The second-order valence-corrected chi connectivity index (χ2v) is 26.3. The van der Waals surface area contributed by atoms with Crippen molar-refractivity contribution in [1.29, 1.82) is 0 Å². The second kappa shape index (κ2) is 40.9. The van der Waals surface area contributed by atoms with Crippen LogP contribution in [-0.2, 0) is 25.5 Å². The number of aromatic hydroxyl groups is 1. The summed E-state index contributed by atoms with van der Waals surface area (Å²) in [5.74, 6) is 3.30. The first kappa shape index (κ1) is 78.3. The lowest BCUT2D eigenvalue weighted by Gasteiger charge is -2.47. The van der Waals surface area contributed by atoms with Crippen LogP contribution in [0.1, 0.15) is 254 Å². The molecule has 5 aromatic rings. The number of rotatable bonds is 21. The number of benzene rings is 3. The van der Waals surface area contributed by atoms with E-state index < -0.39 is 0 Å². The Morgan fingerprint density at radius 1 is 0.870 bits per heavy atom. The van der Waals surface area contributed by atoms with Gasteiger partial charge in [-0.3, -0.25) is 24.3 Å². The molecule has 6 heterocycles. The average molecular weight is 1270 g/mol. The van der Waals surface area contributed by atoms with Crippen LogP contribution in [0.5, 0.6) is 11.8 Å². The monoisotopic (exact) mass is 1270 g/mol. The summed E-state index contributed by atoms with van der Waals surface area (Å²) in [6.45, 7) is 40.1. The van der Waals surface area contributed by atoms with E-state index in [1.54, 1.807) is 25.4 Å². The van der Waals surface area contributed by atoms with Crippen LogP contribution in [0.4, 0.5) is 11.5 Å². The molecule has 0 radical (unpaired) electrons. The number of nitrogens with zero attached hydrogens (tertiary/aromatic N) is 6. The lowest BCUT2D eigenvalue weighted by Crippen LogP contribution is -2.49. The van der Waals surface area contributed by atoms with E-state index in [0.717, 1.165) is 94.1 Å². The number of anilines is 2. The van der Waals surface area contributed by atoms with Gasteiger partial charge in [0.25, 0.3) is 6.47 Å². The summed E-state index contributed by atoms with van der Waals surface area (Å²) in [5, 5.41) is 26.2. The number of aliphatic hydroxyl groups excluding tert-OH is 1. The zero-order valence-corrected chi connectivity index (χ0v) is 60.1. The molecular formula is C78H123N7O7. The molecule has 4 saturated heterocycles. The van der Waals surface area contributed by atoms with E-state index in [-0.39, 0.29) is 35.7 Å². The first-order valence-corrected chi connectivity index (χ1v) is 36.0. The summed E-state index contributed by atoms with van der Waals surface area (Å²) in [6.07, 6.45) is 26.3. The van der Waals surface area contributed by atoms with Crippen LogP contribution in [0.2, 0.25) is 0 Å². The lowest BCUT2D eigenvalue weighted by molar-refractivity contribution is -0.130. The minimum atomic E-state index is -0.377. The highest BCUT2D eigenvalue weighted by Gasteiger charge is 2.40. The highest BCUT2D eigenvalue weighted by Crippen LogP contribution is 2.52. The van der Waals surface area contributed by atoms with Gasteiger partial charge in [0.15, 0.2) is 0 Å². The second-order valence-electron chi connectivity index (χ2n) is 26.3. The number of phenolic OH excluding ortho intramolecular Hbond substituents is 1. The van der Waals surface area contributed by atoms with Gasteiger partial charge in [0.1, 0.15) is 18.2 Å². The average Bonchev–Trinajstić information content (AvgIpc) is 1.24. The number of nitrogens with one attached hydrogen (secondary N) is 1. The van der Waals surface area contributed by atoms with Gasteiger partial charge in [-0.15, -0.1) is 0 Å². The molecule has 1 aliphatic carbocycles. The van der Waals surface area contributed by atoms with E-state index in [9.17, 15) is 24.6 Å². The summed E-state index contributed by atoms with van der Waals surface area (Å²) >= 11 is 0. The fraction of sp³-hybridized carbons (Fsp3) is 0.641. The third-order valence-electron chi connectivity index (χ3n) is 18.4. The van der Waals surface area contributed by atoms with Crippen molar-refractivity contribution in [1.82, 2.24) is 25.2 Å². The predicted octanol–water partition coefficient (Wildman–Crippen LogP) is 18.6. The van der Waals surface area contributed by atoms with Gasteiger partial charge in [0.05, 0.1) is 35.9 Å². The number of pyridine rings is 1. The molecule has 5 atom stereocenters. The van der Waals surface area contributed by atoms with E-state index in [1.807, 2.05) is 57.7 Å². The number of aliphatic hydroxyl groups is 1. The van der Waals surface area contributed by atoms with Crippen molar-refractivity contribution in [3.8, 4) is 23.0 Å². The van der Waals surface area contributed by atoms with Crippen LogP contribution in [0.15, 0.2) is 73.1 Å². The Bertz CT molecular complexity index is 3000. The highest BCUT2D eigenvalue weighted by atomic mass is 16.5. The summed E-state index contributed by atoms with van der Waals surface area (Å²) < 4.78 is 10.2. The van der Waals surface area contributed by atoms with E-state index in [2.05, 4.69) is 125 Å². The number of hydrogen-bond donors (Lipinski definition) is 3. The molecule has 5 aliphatic rings. The van der Waals surface area contributed by atoms with Gasteiger partial charge in [0, 0.05) is 61.2 Å². The molecule has 92 heavy (non-hydrogen) atoms. The van der Waals surface area contributed by atoms with E-state index in [0.29, 0.717) is 68.0 Å². The summed E-state index contributed by atoms with van der Waals surface area (Å²) in [5.41, 5.74) is 8.35. The number of carbonyl (C=O) groups excluding carboxylic acids is 3. The molecule has 2 aromatic heterocycles. The van der Waals surface area contributed by atoms with Gasteiger partial charge < -0.3 is 34.8 Å². The largest absolute Gasteiger partial charge is 0.508 e. The summed E-state index contributed by atoms with van der Waals surface area (Å²) in [4.78, 5) is 55.2. The fourth-order valence-electron chi connectivity index (χ4n) is 14.6. The minimum absolute atomic E-state index is 0.0150. The third kappa shape index (κ3) is 22.3. The Labute approximate surface area is 556 Å². The van der Waals surface area contributed by atoms with Crippen molar-refractivity contribution in [2.45, 2.75) is 275 Å². The smallest absolute Gasteiger partial charge is 0.318 e. The molecule has 14 nitrogen and oxygen atoms in total. The molecule has 1 saturated carbocycles. The molecule has 512 valence electrons. The minimum Gasteiger partial charge on any atom is -0.508 e. The molecule has 2 amide bonds. The number of ether oxygens (including phenoxy) is 2. The molecular weight excluding hydrogens is 1150 g/mol. The first-order chi connectivity index (χ1) is 44.4. The molecule has 10 rings (SSSR count). The maximum atomic E-state index is 13.1. The number of phenols is 1. The fourth-order valence-corrected chi connectivity index (χ4v) is 14.6. The quantitative estimate of drug-likeness (QED) is 0.0595. The number of fused-ring (bicyclic) bond motifs is 3. The standard InChI is InChI=1S/C26H40N2O2.C25H26N4O3.C11H22.C9H15NO2.C3H8.2C2H6/c1-7-9-21(12-11-18(3)4)22-13-14-23(19(5)17-22)28(26(30)10-8-2)24-15-16-25(29)27-20(24)6;1-3-15-6-4-7-16-10-18(31)11-19(23(15)16)21-12-22-20(13-26-21)24(28-25(27-22)32-2)29-9-5-8-17(30)14-29;1-4-6-11(7-5-2)8-10(3)9-11;11-7-12-6-9-4-3-8-2-1-5-10(8)9;1-3-2;2*1-2/h13-14,17-18,21,24H,6-12,15-16H2,1-5H3,(H,27,29);4,6-7,10-13,17,30-31H,3,5,8-9,14H2,1-2H3;10H,4-9H2,1-3H3;7-9H,1-6H2;3H2,1-2H3;2*1-2H3. The van der Waals surface area contributed by atoms with Crippen molar-refractivity contribution in [2.24, 2.45) is 17.3 Å². The molecule has 5 fully saturated rings. The number of methoxy groups -OCH3 is 1. The van der Waals surface area contributed by atoms with Gasteiger partial charge in [-0.05, 0) is 185 Å². The van der Waals surface area contributed by atoms with Crippen LogP contribution in [0.3, 0.4) is 0 Å². The Hall–Kier alpha value is -6.12. The summed E-state index contributed by atoms with van der Waals surface area (Å²) in [7, 11) is 1.55. The summed E-state index contributed by atoms with van der Waals surface area (Å²) in [6, 6.07) is 19.6. The van der Waals surface area contributed by atoms with Crippen LogP contribution >= 0.6 is 0 Å². The number of aryl methyl sites for hydroxylation is 2. The third-order valence-corrected chi connectivity index (χ3v) is 18.4. The van der Waals surface area contributed by atoms with E-state index in [1.165, 1.54) is 114 Å². The predicted molar refractivity (Wildman–Crippen MR) is 385 cm³/mol. The SMILES string of the molecule is C=C1NC(=O)CCC1N(C(=O)CCC)c1ccc(C(CCC)CCC(C)C)cc1C.CC.CC.CCC.CCCC1(CCC)CC(C)C1.CCc1cccc2cc(O)cc(-c3cc4nc(OC)nc(N5CCCC(O)C5)c4cn3)c12.O=COCC1CCC2CCCN21. The zero-order valence-electron chi connectivity index (χ0n) is 60.1. The Balaban J connectivity index is 0.000000274. The molecule has 5 unspecified atom stereocenters. The number of piperidine rings is 2. The highest BCUT2D eigenvalue weighted by molar-refractivity contribution is 6.01. The Morgan fingerprint density at radius 2 is 1.58 bits per heavy atom. The van der Waals surface area contributed by atoms with Crippen LogP contribution < -0.4 is 19.9 Å². The molecule has 0 bridgehead atoms. The van der Waals surface area contributed by atoms with Crippen molar-refractivity contribution in [2.75, 3.05) is 43.2 Å². The van der Waals surface area contributed by atoms with Crippen molar-refractivity contribution < 1.29 is 34.1 Å². The van der Waals surface area contributed by atoms with E-state index >= 15 is 0 Å². The maximum absolute atomic E-state index is 13.1. The number of carbonyl (C=O) groups is 3. The van der Waals surface area contributed by atoms with Gasteiger partial charge in [0.2, 0.25) is 11.8 Å². The zero-order chi connectivity index (χ0) is 67.9. The topological polar surface area (TPSA) is 171 Å². The molecule has 3 aromatic carbocycles. The number of aromatic nitrogens is 3. The van der Waals surface area contributed by atoms with Crippen LogP contribution in [-0.4, -0.2) is 106 Å². The number of hydrogen-bond acceptors (Lipinski definition) is 12. The molecule has 3 N–H and O–H groups in total.